The largest absolute Gasteiger partial charge is 0.317 e. The van der Waals surface area contributed by atoms with Crippen LogP contribution in [0.15, 0.2) is 4.47 Å². The summed E-state index contributed by atoms with van der Waals surface area (Å²) >= 11 is 3.69. The standard InChI is InChI=1S/C13H22BrN3/c1-4-17-12(13(14)9(2)16-17)8-10-6-5-7-11(10)15-3/h10-11,15H,4-8H2,1-3H3. The fourth-order valence-electron chi connectivity index (χ4n) is 2.97. The predicted octanol–water partition coefficient (Wildman–Crippen LogP) is 2.90. The summed E-state index contributed by atoms with van der Waals surface area (Å²) in [6.07, 6.45) is 5.15. The van der Waals surface area contributed by atoms with Crippen molar-refractivity contribution in [3.63, 3.8) is 0 Å². The van der Waals surface area contributed by atoms with Crippen LogP contribution >= 0.6 is 15.9 Å². The highest BCUT2D eigenvalue weighted by Gasteiger charge is 2.28. The van der Waals surface area contributed by atoms with E-state index in [4.69, 9.17) is 0 Å². The van der Waals surface area contributed by atoms with Gasteiger partial charge in [0.1, 0.15) is 0 Å². The molecule has 1 aliphatic rings. The minimum Gasteiger partial charge on any atom is -0.317 e. The molecule has 1 aliphatic carbocycles. The van der Waals surface area contributed by atoms with Crippen molar-refractivity contribution in [3.8, 4) is 0 Å². The Labute approximate surface area is 112 Å². The summed E-state index contributed by atoms with van der Waals surface area (Å²) in [5.74, 6) is 0.762. The van der Waals surface area contributed by atoms with Crippen molar-refractivity contribution < 1.29 is 0 Å². The molecule has 1 saturated carbocycles. The molecule has 1 N–H and O–H groups in total. The topological polar surface area (TPSA) is 29.9 Å². The molecule has 1 fully saturated rings. The van der Waals surface area contributed by atoms with Gasteiger partial charge in [-0.05, 0) is 62.0 Å². The van der Waals surface area contributed by atoms with Crippen LogP contribution in [0.4, 0.5) is 0 Å². The van der Waals surface area contributed by atoms with Crippen LogP contribution in [0.3, 0.4) is 0 Å². The maximum atomic E-state index is 4.57. The van der Waals surface area contributed by atoms with Gasteiger partial charge in [0.15, 0.2) is 0 Å². The molecule has 2 rings (SSSR count). The molecule has 2 atom stereocenters. The number of aryl methyl sites for hydroxylation is 2. The van der Waals surface area contributed by atoms with Crippen molar-refractivity contribution in [3.05, 3.63) is 15.9 Å². The third-order valence-corrected chi connectivity index (χ3v) is 4.97. The number of halogens is 1. The third-order valence-electron chi connectivity index (χ3n) is 3.94. The Morgan fingerprint density at radius 3 is 2.88 bits per heavy atom. The van der Waals surface area contributed by atoms with E-state index in [1.807, 2.05) is 0 Å². The molecule has 1 aromatic rings. The smallest absolute Gasteiger partial charge is 0.0738 e. The van der Waals surface area contributed by atoms with Crippen molar-refractivity contribution in [2.45, 2.75) is 52.1 Å². The molecule has 1 aromatic heterocycles. The number of hydrogen-bond acceptors (Lipinski definition) is 2. The first kappa shape index (κ1) is 13.1. The van der Waals surface area contributed by atoms with Crippen molar-refractivity contribution in [2.24, 2.45) is 5.92 Å². The van der Waals surface area contributed by atoms with Crippen LogP contribution in [0.2, 0.25) is 0 Å². The zero-order valence-corrected chi connectivity index (χ0v) is 12.5. The first-order valence-electron chi connectivity index (χ1n) is 6.56. The second kappa shape index (κ2) is 5.53. The Hall–Kier alpha value is -0.350. The predicted molar refractivity (Wildman–Crippen MR) is 74.2 cm³/mol. The van der Waals surface area contributed by atoms with Crippen molar-refractivity contribution in [1.29, 1.82) is 0 Å². The van der Waals surface area contributed by atoms with E-state index in [1.165, 1.54) is 29.4 Å². The van der Waals surface area contributed by atoms with Gasteiger partial charge in [0.2, 0.25) is 0 Å². The molecule has 0 saturated heterocycles. The normalized spacial score (nSPS) is 24.5. The van der Waals surface area contributed by atoms with Crippen LogP contribution in [0, 0.1) is 12.8 Å². The van der Waals surface area contributed by atoms with Crippen LogP contribution < -0.4 is 5.32 Å². The Kier molecular flexibility index (Phi) is 4.26. The molecule has 4 heteroatoms. The van der Waals surface area contributed by atoms with E-state index < -0.39 is 0 Å². The molecular weight excluding hydrogens is 278 g/mol. The molecule has 0 aromatic carbocycles. The molecule has 1 heterocycles. The lowest BCUT2D eigenvalue weighted by atomic mass is 9.97. The molecule has 0 amide bonds. The van der Waals surface area contributed by atoms with Crippen LogP contribution in [0.5, 0.6) is 0 Å². The minimum absolute atomic E-state index is 0.683. The molecule has 0 aliphatic heterocycles. The fraction of sp³-hybridized carbons (Fsp3) is 0.769. The SMILES string of the molecule is CCn1nc(C)c(Br)c1CC1CCCC1NC. The van der Waals surface area contributed by atoms with Crippen LogP contribution in [0.25, 0.3) is 0 Å². The van der Waals surface area contributed by atoms with Crippen molar-refractivity contribution in [1.82, 2.24) is 15.1 Å². The highest BCUT2D eigenvalue weighted by molar-refractivity contribution is 9.10. The lowest BCUT2D eigenvalue weighted by Crippen LogP contribution is -2.30. The summed E-state index contributed by atoms with van der Waals surface area (Å²) < 4.78 is 3.35. The lowest BCUT2D eigenvalue weighted by molar-refractivity contribution is 0.410. The van der Waals surface area contributed by atoms with Crippen LogP contribution in [-0.2, 0) is 13.0 Å². The van der Waals surface area contributed by atoms with Gasteiger partial charge in [0, 0.05) is 12.6 Å². The van der Waals surface area contributed by atoms with Gasteiger partial charge >= 0.3 is 0 Å². The summed E-state index contributed by atoms with van der Waals surface area (Å²) in [6.45, 7) is 5.19. The summed E-state index contributed by atoms with van der Waals surface area (Å²) in [5.41, 5.74) is 2.48. The van der Waals surface area contributed by atoms with E-state index in [-0.39, 0.29) is 0 Å². The fourth-order valence-corrected chi connectivity index (χ4v) is 3.42. The first-order valence-corrected chi connectivity index (χ1v) is 7.35. The monoisotopic (exact) mass is 299 g/mol. The summed E-state index contributed by atoms with van der Waals surface area (Å²) in [5, 5.41) is 8.02. The number of hydrogen-bond donors (Lipinski definition) is 1. The van der Waals surface area contributed by atoms with E-state index in [9.17, 15) is 0 Å². The molecule has 0 spiro atoms. The van der Waals surface area contributed by atoms with Gasteiger partial charge in [-0.3, -0.25) is 4.68 Å². The average Bonchev–Trinajstić information content (AvgIpc) is 2.88. The molecule has 2 unspecified atom stereocenters. The van der Waals surface area contributed by atoms with E-state index in [2.05, 4.69) is 51.9 Å². The maximum absolute atomic E-state index is 4.57. The average molecular weight is 300 g/mol. The van der Waals surface area contributed by atoms with Crippen molar-refractivity contribution >= 4 is 15.9 Å². The Morgan fingerprint density at radius 1 is 1.47 bits per heavy atom. The second-order valence-corrected chi connectivity index (χ2v) is 5.75. The van der Waals surface area contributed by atoms with Gasteiger partial charge in [-0.2, -0.15) is 5.10 Å². The molecule has 96 valence electrons. The van der Waals surface area contributed by atoms with Gasteiger partial charge in [-0.15, -0.1) is 0 Å². The van der Waals surface area contributed by atoms with Gasteiger partial charge in [-0.1, -0.05) is 6.42 Å². The molecule has 0 radical (unpaired) electrons. The second-order valence-electron chi connectivity index (χ2n) is 4.95. The first-order chi connectivity index (χ1) is 8.17. The van der Waals surface area contributed by atoms with Crippen LogP contribution in [-0.4, -0.2) is 22.9 Å². The van der Waals surface area contributed by atoms with Gasteiger partial charge in [0.05, 0.1) is 15.9 Å². The minimum atomic E-state index is 0.683. The Balaban J connectivity index is 2.17. The van der Waals surface area contributed by atoms with Crippen LogP contribution in [0.1, 0.15) is 37.6 Å². The molecule has 0 bridgehead atoms. The third kappa shape index (κ3) is 2.58. The van der Waals surface area contributed by atoms with E-state index in [0.29, 0.717) is 6.04 Å². The Morgan fingerprint density at radius 2 is 2.24 bits per heavy atom. The quantitative estimate of drug-likeness (QED) is 0.926. The highest BCUT2D eigenvalue weighted by atomic mass is 79.9. The van der Waals surface area contributed by atoms with Gasteiger partial charge in [0.25, 0.3) is 0 Å². The maximum Gasteiger partial charge on any atom is 0.0738 e. The van der Waals surface area contributed by atoms with Crippen molar-refractivity contribution in [2.75, 3.05) is 7.05 Å². The summed E-state index contributed by atoms with van der Waals surface area (Å²) in [6, 6.07) is 0.683. The summed E-state index contributed by atoms with van der Waals surface area (Å²) in [7, 11) is 2.08. The zero-order chi connectivity index (χ0) is 12.4. The van der Waals surface area contributed by atoms with Gasteiger partial charge in [-0.25, -0.2) is 0 Å². The summed E-state index contributed by atoms with van der Waals surface area (Å²) in [4.78, 5) is 0. The van der Waals surface area contributed by atoms with E-state index >= 15 is 0 Å². The number of rotatable bonds is 4. The number of nitrogens with zero attached hydrogens (tertiary/aromatic N) is 2. The zero-order valence-electron chi connectivity index (χ0n) is 11.0. The number of nitrogens with one attached hydrogen (secondary N) is 1. The Bertz CT molecular complexity index is 386. The number of aromatic nitrogens is 2. The lowest BCUT2D eigenvalue weighted by Gasteiger charge is -2.19. The molecule has 17 heavy (non-hydrogen) atoms. The molecular formula is C13H22BrN3. The van der Waals surface area contributed by atoms with E-state index in [0.717, 1.165) is 24.6 Å². The van der Waals surface area contributed by atoms with E-state index in [1.54, 1.807) is 0 Å². The van der Waals surface area contributed by atoms with Gasteiger partial charge < -0.3 is 5.32 Å². The highest BCUT2D eigenvalue weighted by Crippen LogP contribution is 2.31. The molecule has 3 nitrogen and oxygen atoms in total.